The fourth-order valence-electron chi connectivity index (χ4n) is 2.34. The van der Waals surface area contributed by atoms with E-state index in [1.165, 1.54) is 32.4 Å². The van der Waals surface area contributed by atoms with Crippen LogP contribution in [0, 0.1) is 0 Å². The molecule has 1 aliphatic rings. The Labute approximate surface area is 128 Å². The lowest BCUT2D eigenvalue weighted by Gasteiger charge is -2.25. The molecular formula is C16H28N4O. The van der Waals surface area contributed by atoms with E-state index in [2.05, 4.69) is 41.2 Å². The summed E-state index contributed by atoms with van der Waals surface area (Å²) in [6, 6.07) is 3.88. The van der Waals surface area contributed by atoms with Crippen LogP contribution in [-0.4, -0.2) is 46.9 Å². The molecule has 118 valence electrons. The fourth-order valence-corrected chi connectivity index (χ4v) is 2.34. The fraction of sp³-hybridized carbons (Fsp3) is 0.750. The molecule has 1 saturated heterocycles. The van der Waals surface area contributed by atoms with Crippen LogP contribution in [0.2, 0.25) is 0 Å². The van der Waals surface area contributed by atoms with Gasteiger partial charge in [-0.25, -0.2) is 0 Å². The molecule has 0 aromatic carbocycles. The molecule has 1 aromatic rings. The van der Waals surface area contributed by atoms with Crippen molar-refractivity contribution in [2.75, 3.05) is 26.2 Å². The van der Waals surface area contributed by atoms with Crippen molar-refractivity contribution in [3.05, 3.63) is 17.8 Å². The molecule has 0 radical (unpaired) electrons. The van der Waals surface area contributed by atoms with Crippen LogP contribution < -0.4 is 10.1 Å². The maximum Gasteiger partial charge on any atom is 0.233 e. The van der Waals surface area contributed by atoms with Crippen LogP contribution in [0.25, 0.3) is 0 Å². The van der Waals surface area contributed by atoms with Gasteiger partial charge in [0.1, 0.15) is 6.61 Å². The van der Waals surface area contributed by atoms with E-state index in [9.17, 15) is 0 Å². The van der Waals surface area contributed by atoms with E-state index < -0.39 is 0 Å². The van der Waals surface area contributed by atoms with Crippen molar-refractivity contribution < 1.29 is 4.74 Å². The highest BCUT2D eigenvalue weighted by Crippen LogP contribution is 2.09. The summed E-state index contributed by atoms with van der Waals surface area (Å²) >= 11 is 0. The van der Waals surface area contributed by atoms with Gasteiger partial charge in [0, 0.05) is 24.7 Å². The van der Waals surface area contributed by atoms with Crippen molar-refractivity contribution in [1.82, 2.24) is 20.4 Å². The Morgan fingerprint density at radius 2 is 1.90 bits per heavy atom. The molecule has 2 rings (SSSR count). The molecule has 0 bridgehead atoms. The van der Waals surface area contributed by atoms with E-state index in [0.29, 0.717) is 12.5 Å². The third-order valence-corrected chi connectivity index (χ3v) is 3.60. The number of hydrogen-bond acceptors (Lipinski definition) is 5. The summed E-state index contributed by atoms with van der Waals surface area (Å²) in [4.78, 5) is 2.46. The number of rotatable bonds is 6. The molecule has 1 fully saturated rings. The minimum atomic E-state index is 0.0886. The second-order valence-electron chi connectivity index (χ2n) is 6.72. The van der Waals surface area contributed by atoms with Gasteiger partial charge in [0.2, 0.25) is 5.88 Å². The van der Waals surface area contributed by atoms with Crippen LogP contribution in [0.1, 0.15) is 45.7 Å². The van der Waals surface area contributed by atoms with E-state index in [0.717, 1.165) is 18.8 Å². The van der Waals surface area contributed by atoms with Gasteiger partial charge in [-0.3, -0.25) is 4.90 Å². The van der Waals surface area contributed by atoms with Crippen molar-refractivity contribution in [3.8, 4) is 5.88 Å². The molecule has 2 heterocycles. The molecule has 5 heteroatoms. The van der Waals surface area contributed by atoms with Crippen LogP contribution in [0.15, 0.2) is 12.1 Å². The number of nitrogens with one attached hydrogen (secondary N) is 1. The number of piperidine rings is 1. The van der Waals surface area contributed by atoms with Crippen molar-refractivity contribution in [2.45, 2.75) is 52.1 Å². The first-order valence-electron chi connectivity index (χ1n) is 7.96. The molecule has 0 aliphatic carbocycles. The lowest BCUT2D eigenvalue weighted by Crippen LogP contribution is -2.35. The minimum Gasteiger partial charge on any atom is -0.475 e. The molecule has 0 spiro atoms. The highest BCUT2D eigenvalue weighted by atomic mass is 16.5. The SMILES string of the molecule is CC(C)(C)NCc1ccc(OCCN2CCCCC2)nn1. The summed E-state index contributed by atoms with van der Waals surface area (Å²) in [5, 5.41) is 11.7. The van der Waals surface area contributed by atoms with Crippen LogP contribution >= 0.6 is 0 Å². The molecular weight excluding hydrogens is 264 g/mol. The second kappa shape index (κ2) is 7.71. The van der Waals surface area contributed by atoms with Crippen molar-refractivity contribution in [1.29, 1.82) is 0 Å². The van der Waals surface area contributed by atoms with E-state index >= 15 is 0 Å². The van der Waals surface area contributed by atoms with Gasteiger partial charge in [-0.05, 0) is 52.8 Å². The lowest BCUT2D eigenvalue weighted by molar-refractivity contribution is 0.179. The average molecular weight is 292 g/mol. The molecule has 0 amide bonds. The predicted molar refractivity (Wildman–Crippen MR) is 84.4 cm³/mol. The number of nitrogens with zero attached hydrogens (tertiary/aromatic N) is 3. The van der Waals surface area contributed by atoms with Gasteiger partial charge < -0.3 is 10.1 Å². The third kappa shape index (κ3) is 6.40. The van der Waals surface area contributed by atoms with Gasteiger partial charge in [0.05, 0.1) is 5.69 Å². The number of likely N-dealkylation sites (tertiary alicyclic amines) is 1. The zero-order valence-corrected chi connectivity index (χ0v) is 13.6. The Kier molecular flexibility index (Phi) is 5.94. The average Bonchev–Trinajstić information content (AvgIpc) is 2.47. The molecule has 0 saturated carbocycles. The van der Waals surface area contributed by atoms with Crippen LogP contribution in [0.3, 0.4) is 0 Å². The van der Waals surface area contributed by atoms with Gasteiger partial charge in [-0.1, -0.05) is 6.42 Å². The second-order valence-corrected chi connectivity index (χ2v) is 6.72. The molecule has 5 nitrogen and oxygen atoms in total. The monoisotopic (exact) mass is 292 g/mol. The Morgan fingerprint density at radius 3 is 2.52 bits per heavy atom. The zero-order valence-electron chi connectivity index (χ0n) is 13.6. The van der Waals surface area contributed by atoms with Gasteiger partial charge in [-0.15, -0.1) is 5.10 Å². The number of aromatic nitrogens is 2. The van der Waals surface area contributed by atoms with E-state index in [1.807, 2.05) is 12.1 Å². The van der Waals surface area contributed by atoms with Gasteiger partial charge >= 0.3 is 0 Å². The maximum atomic E-state index is 5.67. The normalized spacial score (nSPS) is 16.9. The van der Waals surface area contributed by atoms with Crippen LogP contribution in [-0.2, 0) is 6.54 Å². The van der Waals surface area contributed by atoms with Gasteiger partial charge in [0.15, 0.2) is 0 Å². The quantitative estimate of drug-likeness (QED) is 0.871. The standard InChI is InChI=1S/C16H28N4O/c1-16(2,3)17-13-14-7-8-15(19-18-14)21-12-11-20-9-5-4-6-10-20/h7-8,17H,4-6,9-13H2,1-3H3. The topological polar surface area (TPSA) is 50.3 Å². The zero-order chi connectivity index (χ0) is 15.1. The van der Waals surface area contributed by atoms with E-state index in [4.69, 9.17) is 4.74 Å². The first kappa shape index (κ1) is 16.2. The summed E-state index contributed by atoms with van der Waals surface area (Å²) in [6.45, 7) is 11.2. The lowest BCUT2D eigenvalue weighted by atomic mass is 10.1. The molecule has 1 aliphatic heterocycles. The number of ether oxygens (including phenoxy) is 1. The molecule has 1 aromatic heterocycles. The third-order valence-electron chi connectivity index (χ3n) is 3.60. The molecule has 0 unspecified atom stereocenters. The summed E-state index contributed by atoms with van der Waals surface area (Å²) < 4.78 is 5.67. The van der Waals surface area contributed by atoms with E-state index in [1.54, 1.807) is 0 Å². The Morgan fingerprint density at radius 1 is 1.14 bits per heavy atom. The first-order valence-corrected chi connectivity index (χ1v) is 7.96. The van der Waals surface area contributed by atoms with Crippen molar-refractivity contribution >= 4 is 0 Å². The first-order chi connectivity index (χ1) is 10.0. The van der Waals surface area contributed by atoms with Gasteiger partial charge in [-0.2, -0.15) is 5.10 Å². The number of hydrogen-bond donors (Lipinski definition) is 1. The van der Waals surface area contributed by atoms with Crippen molar-refractivity contribution in [2.24, 2.45) is 0 Å². The highest BCUT2D eigenvalue weighted by Gasteiger charge is 2.11. The molecule has 21 heavy (non-hydrogen) atoms. The summed E-state index contributed by atoms with van der Waals surface area (Å²) in [7, 11) is 0. The van der Waals surface area contributed by atoms with Crippen molar-refractivity contribution in [3.63, 3.8) is 0 Å². The smallest absolute Gasteiger partial charge is 0.233 e. The Hall–Kier alpha value is -1.20. The Balaban J connectivity index is 1.69. The summed E-state index contributed by atoms with van der Waals surface area (Å²) in [6.07, 6.45) is 4.00. The highest BCUT2D eigenvalue weighted by molar-refractivity contribution is 5.11. The van der Waals surface area contributed by atoms with Gasteiger partial charge in [0.25, 0.3) is 0 Å². The molecule has 1 N–H and O–H groups in total. The molecule has 0 atom stereocenters. The van der Waals surface area contributed by atoms with Crippen LogP contribution in [0.4, 0.5) is 0 Å². The van der Waals surface area contributed by atoms with Crippen LogP contribution in [0.5, 0.6) is 5.88 Å². The minimum absolute atomic E-state index is 0.0886. The summed E-state index contributed by atoms with van der Waals surface area (Å²) in [5.74, 6) is 0.617. The summed E-state index contributed by atoms with van der Waals surface area (Å²) in [5.41, 5.74) is 1.03. The van der Waals surface area contributed by atoms with E-state index in [-0.39, 0.29) is 5.54 Å². The maximum absolute atomic E-state index is 5.67. The predicted octanol–water partition coefficient (Wildman–Crippen LogP) is 2.23. The Bertz CT molecular complexity index is 407. The largest absolute Gasteiger partial charge is 0.475 e.